The minimum absolute atomic E-state index is 0.0683. The summed E-state index contributed by atoms with van der Waals surface area (Å²) in [5.41, 5.74) is 26.0. The summed E-state index contributed by atoms with van der Waals surface area (Å²) in [7, 11) is 0. The summed E-state index contributed by atoms with van der Waals surface area (Å²) in [4.78, 5) is 74.9. The molecular formula is C18H33N9O8. The molecule has 0 aromatic heterocycles. The van der Waals surface area contributed by atoms with Gasteiger partial charge in [-0.1, -0.05) is 0 Å². The molecular weight excluding hydrogens is 470 g/mol. The highest BCUT2D eigenvalue weighted by molar-refractivity contribution is 5.95. The van der Waals surface area contributed by atoms with Crippen LogP contribution in [0.5, 0.6) is 0 Å². The molecule has 0 aromatic rings. The molecule has 0 aromatic carbocycles. The van der Waals surface area contributed by atoms with Crippen molar-refractivity contribution in [2.45, 2.75) is 56.3 Å². The Bertz CT molecular complexity index is 816. The molecule has 198 valence electrons. The number of nitrogens with zero attached hydrogens (tertiary/aromatic N) is 1. The molecule has 0 aliphatic heterocycles. The van der Waals surface area contributed by atoms with E-state index in [1.54, 1.807) is 0 Å². The Morgan fingerprint density at radius 3 is 1.74 bits per heavy atom. The van der Waals surface area contributed by atoms with E-state index in [0.29, 0.717) is 0 Å². The van der Waals surface area contributed by atoms with Crippen molar-refractivity contribution in [2.24, 2.45) is 33.7 Å². The Morgan fingerprint density at radius 2 is 1.29 bits per heavy atom. The maximum absolute atomic E-state index is 12.8. The van der Waals surface area contributed by atoms with Crippen LogP contribution in [0.2, 0.25) is 0 Å². The van der Waals surface area contributed by atoms with E-state index >= 15 is 0 Å². The fourth-order valence-corrected chi connectivity index (χ4v) is 2.64. The van der Waals surface area contributed by atoms with E-state index in [0.717, 1.165) is 0 Å². The van der Waals surface area contributed by atoms with Gasteiger partial charge in [0.25, 0.3) is 0 Å². The Kier molecular flexibility index (Phi) is 14.0. The van der Waals surface area contributed by atoms with Crippen LogP contribution in [-0.2, 0) is 28.8 Å². The predicted octanol–water partition coefficient (Wildman–Crippen LogP) is -5.96. The maximum Gasteiger partial charge on any atom is 0.326 e. The third-order valence-electron chi connectivity index (χ3n) is 4.44. The standard InChI is InChI=1S/C18H33N9O8/c19-8(7-28)14(31)25-10(3-4-12(20)29)16(33)26-9(2-1-5-24-18(22)23)15(32)27-11(17(34)35)6-13(21)30/h8-11,28H,1-7,19H2,(H2,20,29)(H2,21,30)(H,25,31)(H,26,33)(H,27,32)(H,34,35)(H4,22,23,24). The first-order valence-electron chi connectivity index (χ1n) is 10.4. The number of hydrogen-bond donors (Lipinski definition) is 10. The summed E-state index contributed by atoms with van der Waals surface area (Å²) in [5, 5.41) is 24.9. The van der Waals surface area contributed by atoms with Gasteiger partial charge in [-0.2, -0.15) is 0 Å². The highest BCUT2D eigenvalue weighted by Crippen LogP contribution is 2.05. The van der Waals surface area contributed by atoms with Crippen LogP contribution in [0.15, 0.2) is 4.99 Å². The first kappa shape index (κ1) is 31.0. The number of aliphatic hydroxyl groups excluding tert-OH is 1. The van der Waals surface area contributed by atoms with Crippen molar-refractivity contribution in [3.05, 3.63) is 0 Å². The second kappa shape index (κ2) is 15.8. The van der Waals surface area contributed by atoms with Gasteiger partial charge in [0, 0.05) is 13.0 Å². The quantitative estimate of drug-likeness (QED) is 0.0505. The van der Waals surface area contributed by atoms with Gasteiger partial charge in [0.2, 0.25) is 29.5 Å². The Balaban J connectivity index is 5.66. The molecule has 0 aliphatic carbocycles. The van der Waals surface area contributed by atoms with Crippen molar-refractivity contribution >= 4 is 41.5 Å². The van der Waals surface area contributed by atoms with Gasteiger partial charge in [0.1, 0.15) is 24.2 Å². The molecule has 5 amide bonds. The lowest BCUT2D eigenvalue weighted by molar-refractivity contribution is -0.143. The zero-order valence-corrected chi connectivity index (χ0v) is 18.9. The van der Waals surface area contributed by atoms with Gasteiger partial charge in [0.15, 0.2) is 5.96 Å². The van der Waals surface area contributed by atoms with Gasteiger partial charge in [-0.3, -0.25) is 29.0 Å². The maximum atomic E-state index is 12.8. The molecule has 0 spiro atoms. The van der Waals surface area contributed by atoms with Crippen molar-refractivity contribution in [1.82, 2.24) is 16.0 Å². The number of rotatable bonds is 17. The lowest BCUT2D eigenvalue weighted by atomic mass is 10.1. The van der Waals surface area contributed by atoms with E-state index in [1.165, 1.54) is 0 Å². The van der Waals surface area contributed by atoms with E-state index in [1.807, 2.05) is 0 Å². The van der Waals surface area contributed by atoms with Crippen LogP contribution in [0.3, 0.4) is 0 Å². The average Bonchev–Trinajstić information content (AvgIpc) is 2.76. The fourth-order valence-electron chi connectivity index (χ4n) is 2.64. The van der Waals surface area contributed by atoms with Crippen molar-refractivity contribution in [3.8, 4) is 0 Å². The lowest BCUT2D eigenvalue weighted by Gasteiger charge is -2.24. The number of guanidine groups is 1. The minimum Gasteiger partial charge on any atom is -0.480 e. The number of carboxylic acids is 1. The molecule has 17 nitrogen and oxygen atoms in total. The molecule has 0 aliphatic rings. The van der Waals surface area contributed by atoms with Gasteiger partial charge >= 0.3 is 5.97 Å². The van der Waals surface area contributed by atoms with Gasteiger partial charge in [-0.25, -0.2) is 4.79 Å². The number of carbonyl (C=O) groups excluding carboxylic acids is 5. The smallest absolute Gasteiger partial charge is 0.326 e. The molecule has 0 saturated carbocycles. The number of carbonyl (C=O) groups is 6. The summed E-state index contributed by atoms with van der Waals surface area (Å²) < 4.78 is 0. The largest absolute Gasteiger partial charge is 0.480 e. The molecule has 0 radical (unpaired) electrons. The van der Waals surface area contributed by atoms with Gasteiger partial charge < -0.3 is 54.8 Å². The average molecular weight is 504 g/mol. The minimum atomic E-state index is -1.66. The number of amides is 5. The molecule has 35 heavy (non-hydrogen) atoms. The summed E-state index contributed by atoms with van der Waals surface area (Å²) in [6.07, 6.45) is -1.19. The van der Waals surface area contributed by atoms with Crippen LogP contribution >= 0.6 is 0 Å². The molecule has 15 N–H and O–H groups in total. The lowest BCUT2D eigenvalue weighted by Crippen LogP contribution is -2.57. The van der Waals surface area contributed by atoms with Crippen molar-refractivity contribution in [2.75, 3.05) is 13.2 Å². The molecule has 4 atom stereocenters. The first-order chi connectivity index (χ1) is 16.3. The first-order valence-corrected chi connectivity index (χ1v) is 10.4. The molecule has 0 fully saturated rings. The van der Waals surface area contributed by atoms with Gasteiger partial charge in [-0.05, 0) is 19.3 Å². The van der Waals surface area contributed by atoms with Crippen LogP contribution in [0.25, 0.3) is 0 Å². The molecule has 0 rings (SSSR count). The normalized spacial score (nSPS) is 13.9. The van der Waals surface area contributed by atoms with Crippen LogP contribution in [0.4, 0.5) is 0 Å². The molecule has 17 heteroatoms. The Morgan fingerprint density at radius 1 is 0.771 bits per heavy atom. The topological polar surface area (TPSA) is 321 Å². The van der Waals surface area contributed by atoms with Crippen molar-refractivity contribution < 1.29 is 39.0 Å². The third-order valence-corrected chi connectivity index (χ3v) is 4.44. The van der Waals surface area contributed by atoms with Crippen LogP contribution in [0, 0.1) is 0 Å². The fraction of sp³-hybridized carbons (Fsp3) is 0.611. The zero-order valence-electron chi connectivity index (χ0n) is 18.9. The van der Waals surface area contributed by atoms with E-state index < -0.39 is 72.7 Å². The SMILES string of the molecule is NC(=O)CCC(NC(=O)C(N)CO)C(=O)NC(CCCN=C(N)N)C(=O)NC(CC(N)=O)C(=O)O. The summed E-state index contributed by atoms with van der Waals surface area (Å²) >= 11 is 0. The van der Waals surface area contributed by atoms with Crippen LogP contribution in [-0.4, -0.2) is 89.0 Å². The number of carboxylic acid groups (broad SMARTS) is 1. The van der Waals surface area contributed by atoms with E-state index in [9.17, 15) is 33.9 Å². The highest BCUT2D eigenvalue weighted by atomic mass is 16.4. The molecule has 0 heterocycles. The van der Waals surface area contributed by atoms with E-state index in [-0.39, 0.29) is 38.2 Å². The number of hydrogen-bond acceptors (Lipinski definition) is 9. The number of nitrogens with one attached hydrogen (secondary N) is 3. The summed E-state index contributed by atoms with van der Waals surface area (Å²) in [5.74, 6) is -6.30. The molecule has 0 saturated heterocycles. The number of nitrogens with two attached hydrogens (primary N) is 5. The number of aliphatic imine (C=N–C) groups is 1. The zero-order chi connectivity index (χ0) is 27.1. The monoisotopic (exact) mass is 503 g/mol. The summed E-state index contributed by atoms with van der Waals surface area (Å²) in [6, 6.07) is -5.75. The predicted molar refractivity (Wildman–Crippen MR) is 121 cm³/mol. The molecule has 4 unspecified atom stereocenters. The van der Waals surface area contributed by atoms with E-state index in [2.05, 4.69) is 20.9 Å². The number of aliphatic hydroxyl groups is 1. The Labute approximate surface area is 200 Å². The highest BCUT2D eigenvalue weighted by Gasteiger charge is 2.30. The van der Waals surface area contributed by atoms with Gasteiger partial charge in [-0.15, -0.1) is 0 Å². The number of primary amides is 2. The third kappa shape index (κ3) is 13.3. The van der Waals surface area contributed by atoms with Gasteiger partial charge in [0.05, 0.1) is 13.0 Å². The van der Waals surface area contributed by atoms with Crippen molar-refractivity contribution in [3.63, 3.8) is 0 Å². The molecule has 0 bridgehead atoms. The summed E-state index contributed by atoms with van der Waals surface area (Å²) in [6.45, 7) is -0.652. The second-order valence-corrected chi connectivity index (χ2v) is 7.44. The van der Waals surface area contributed by atoms with E-state index in [4.69, 9.17) is 33.8 Å². The van der Waals surface area contributed by atoms with Crippen LogP contribution in [0.1, 0.15) is 32.1 Å². The second-order valence-electron chi connectivity index (χ2n) is 7.44. The van der Waals surface area contributed by atoms with Crippen LogP contribution < -0.4 is 44.6 Å². The number of aliphatic carboxylic acids is 1. The van der Waals surface area contributed by atoms with Crippen molar-refractivity contribution in [1.29, 1.82) is 0 Å². The Hall–Kier alpha value is -3.99.